The lowest BCUT2D eigenvalue weighted by atomic mass is 10.1. The fourth-order valence-electron chi connectivity index (χ4n) is 1.74. The van der Waals surface area contributed by atoms with Crippen molar-refractivity contribution < 1.29 is 13.9 Å². The lowest BCUT2D eigenvalue weighted by Gasteiger charge is -2.10. The molecule has 0 saturated carbocycles. The summed E-state index contributed by atoms with van der Waals surface area (Å²) in [6, 6.07) is 9.68. The minimum atomic E-state index is -0.420. The summed E-state index contributed by atoms with van der Waals surface area (Å²) in [7, 11) is 1.53. The number of hydrogen-bond acceptors (Lipinski definition) is 2. The van der Waals surface area contributed by atoms with Gasteiger partial charge in [0.1, 0.15) is 11.6 Å². The van der Waals surface area contributed by atoms with Gasteiger partial charge in [0.05, 0.1) is 11.6 Å². The van der Waals surface area contributed by atoms with Crippen LogP contribution in [0.4, 0.5) is 10.1 Å². The van der Waals surface area contributed by atoms with Crippen LogP contribution in [0, 0.1) is 12.7 Å². The molecule has 0 spiro atoms. The maximum absolute atomic E-state index is 13.5. The molecule has 0 saturated heterocycles. The number of nitrogens with one attached hydrogen (secondary N) is 1. The normalized spacial score (nSPS) is 10.2. The number of aryl methyl sites for hydroxylation is 1. The van der Waals surface area contributed by atoms with Gasteiger partial charge in [0.25, 0.3) is 5.91 Å². The van der Waals surface area contributed by atoms with E-state index in [1.165, 1.54) is 13.2 Å². The fraction of sp³-hybridized carbons (Fsp3) is 0.133. The maximum Gasteiger partial charge on any atom is 0.255 e. The molecule has 2 rings (SSSR count). The lowest BCUT2D eigenvalue weighted by Crippen LogP contribution is -2.13. The molecule has 3 nitrogen and oxygen atoms in total. The topological polar surface area (TPSA) is 38.3 Å². The Hall–Kier alpha value is -1.88. The first-order chi connectivity index (χ1) is 9.51. The standard InChI is InChI=1S/C15H13BrFNO2/c1-9-6-12(16)13(17)8-14(9)18-15(19)10-4-3-5-11(7-10)20-2/h3-8H,1-2H3,(H,18,19). The Morgan fingerprint density at radius 3 is 2.75 bits per heavy atom. The number of rotatable bonds is 3. The summed E-state index contributed by atoms with van der Waals surface area (Å²) in [6.07, 6.45) is 0. The van der Waals surface area contributed by atoms with E-state index in [1.54, 1.807) is 37.3 Å². The van der Waals surface area contributed by atoms with Gasteiger partial charge >= 0.3 is 0 Å². The van der Waals surface area contributed by atoms with E-state index in [4.69, 9.17) is 4.74 Å². The van der Waals surface area contributed by atoms with Gasteiger partial charge in [-0.1, -0.05) is 6.07 Å². The second-order valence-corrected chi connectivity index (χ2v) is 5.12. The van der Waals surface area contributed by atoms with Crippen molar-refractivity contribution in [3.63, 3.8) is 0 Å². The Balaban J connectivity index is 2.25. The van der Waals surface area contributed by atoms with Crippen LogP contribution in [0.5, 0.6) is 5.75 Å². The Morgan fingerprint density at radius 1 is 1.30 bits per heavy atom. The molecule has 1 N–H and O–H groups in total. The van der Waals surface area contributed by atoms with Gasteiger partial charge in [-0.3, -0.25) is 4.79 Å². The second kappa shape index (κ2) is 6.05. The predicted molar refractivity (Wildman–Crippen MR) is 79.8 cm³/mol. The molecule has 1 amide bonds. The largest absolute Gasteiger partial charge is 0.497 e. The molecule has 0 bridgehead atoms. The minimum absolute atomic E-state index is 0.311. The zero-order chi connectivity index (χ0) is 14.7. The molecule has 20 heavy (non-hydrogen) atoms. The summed E-state index contributed by atoms with van der Waals surface area (Å²) in [5.41, 5.74) is 1.67. The van der Waals surface area contributed by atoms with Crippen molar-refractivity contribution >= 4 is 27.5 Å². The first kappa shape index (κ1) is 14.5. The summed E-state index contributed by atoms with van der Waals surface area (Å²) in [5.74, 6) is -0.137. The van der Waals surface area contributed by atoms with Crippen LogP contribution in [0.3, 0.4) is 0 Å². The van der Waals surface area contributed by atoms with Gasteiger partial charge in [-0.2, -0.15) is 0 Å². The van der Waals surface area contributed by atoms with Crippen molar-refractivity contribution in [2.45, 2.75) is 6.92 Å². The van der Waals surface area contributed by atoms with E-state index in [-0.39, 0.29) is 5.91 Å². The molecule has 0 aliphatic carbocycles. The summed E-state index contributed by atoms with van der Waals surface area (Å²) >= 11 is 3.11. The fourth-order valence-corrected chi connectivity index (χ4v) is 2.20. The molecule has 5 heteroatoms. The van der Waals surface area contributed by atoms with E-state index in [0.717, 1.165) is 5.56 Å². The first-order valence-corrected chi connectivity index (χ1v) is 6.71. The van der Waals surface area contributed by atoms with Gasteiger partial charge in [-0.25, -0.2) is 4.39 Å². The highest BCUT2D eigenvalue weighted by Gasteiger charge is 2.11. The number of hydrogen-bond donors (Lipinski definition) is 1. The van der Waals surface area contributed by atoms with Crippen LogP contribution in [0.25, 0.3) is 0 Å². The van der Waals surface area contributed by atoms with Crippen LogP contribution in [-0.2, 0) is 0 Å². The van der Waals surface area contributed by atoms with Crippen molar-refractivity contribution in [2.75, 3.05) is 12.4 Å². The third kappa shape index (κ3) is 3.17. The average molecular weight is 338 g/mol. The van der Waals surface area contributed by atoms with E-state index in [9.17, 15) is 9.18 Å². The maximum atomic E-state index is 13.5. The van der Waals surface area contributed by atoms with Crippen LogP contribution >= 0.6 is 15.9 Å². The highest BCUT2D eigenvalue weighted by molar-refractivity contribution is 9.10. The summed E-state index contributed by atoms with van der Waals surface area (Å²) in [6.45, 7) is 1.80. The van der Waals surface area contributed by atoms with Crippen LogP contribution in [-0.4, -0.2) is 13.0 Å². The Morgan fingerprint density at radius 2 is 2.05 bits per heavy atom. The molecule has 0 unspecified atom stereocenters. The molecule has 0 aliphatic heterocycles. The average Bonchev–Trinajstić information content (AvgIpc) is 2.44. The lowest BCUT2D eigenvalue weighted by molar-refractivity contribution is 0.102. The summed E-state index contributed by atoms with van der Waals surface area (Å²) < 4.78 is 18.9. The van der Waals surface area contributed by atoms with E-state index in [0.29, 0.717) is 21.5 Å². The van der Waals surface area contributed by atoms with E-state index in [1.807, 2.05) is 0 Å². The number of anilines is 1. The molecule has 0 aromatic heterocycles. The molecular formula is C15H13BrFNO2. The van der Waals surface area contributed by atoms with Gasteiger partial charge in [0.2, 0.25) is 0 Å². The number of carbonyl (C=O) groups is 1. The molecule has 0 radical (unpaired) electrons. The minimum Gasteiger partial charge on any atom is -0.497 e. The summed E-state index contributed by atoms with van der Waals surface area (Å²) in [4.78, 5) is 12.1. The number of ether oxygens (including phenoxy) is 1. The van der Waals surface area contributed by atoms with Crippen LogP contribution in [0.1, 0.15) is 15.9 Å². The number of halogens is 2. The zero-order valence-electron chi connectivity index (χ0n) is 11.0. The second-order valence-electron chi connectivity index (χ2n) is 4.27. The third-order valence-corrected chi connectivity index (χ3v) is 3.46. The molecule has 2 aromatic rings. The quantitative estimate of drug-likeness (QED) is 0.913. The Bertz CT molecular complexity index is 658. The summed E-state index contributed by atoms with van der Waals surface area (Å²) in [5, 5.41) is 2.69. The molecule has 0 heterocycles. The van der Waals surface area contributed by atoms with Crippen LogP contribution in [0.2, 0.25) is 0 Å². The number of amides is 1. The molecule has 0 aliphatic rings. The molecular weight excluding hydrogens is 325 g/mol. The number of carbonyl (C=O) groups excluding carboxylic acids is 1. The van der Waals surface area contributed by atoms with Gasteiger partial charge in [0.15, 0.2) is 0 Å². The van der Waals surface area contributed by atoms with Crippen molar-refractivity contribution in [3.05, 3.63) is 57.8 Å². The van der Waals surface area contributed by atoms with E-state index >= 15 is 0 Å². The van der Waals surface area contributed by atoms with Gasteiger partial charge in [-0.15, -0.1) is 0 Å². The molecule has 0 atom stereocenters. The van der Waals surface area contributed by atoms with Crippen molar-refractivity contribution in [2.24, 2.45) is 0 Å². The van der Waals surface area contributed by atoms with Crippen molar-refractivity contribution in [3.8, 4) is 5.75 Å². The predicted octanol–water partition coefficient (Wildman–Crippen LogP) is 4.16. The van der Waals surface area contributed by atoms with Gasteiger partial charge in [0, 0.05) is 11.3 Å². The molecule has 104 valence electrons. The SMILES string of the molecule is COc1cccc(C(=O)Nc2cc(F)c(Br)cc2C)c1. The smallest absolute Gasteiger partial charge is 0.255 e. The monoisotopic (exact) mass is 337 g/mol. The number of benzene rings is 2. The van der Waals surface area contributed by atoms with Gasteiger partial charge in [-0.05, 0) is 58.7 Å². The number of methoxy groups -OCH3 is 1. The van der Waals surface area contributed by atoms with Crippen molar-refractivity contribution in [1.29, 1.82) is 0 Å². The molecule has 0 fully saturated rings. The van der Waals surface area contributed by atoms with E-state index in [2.05, 4.69) is 21.2 Å². The highest BCUT2D eigenvalue weighted by Crippen LogP contribution is 2.24. The van der Waals surface area contributed by atoms with Gasteiger partial charge < -0.3 is 10.1 Å². The van der Waals surface area contributed by atoms with Crippen LogP contribution in [0.15, 0.2) is 40.9 Å². The first-order valence-electron chi connectivity index (χ1n) is 5.92. The third-order valence-electron chi connectivity index (χ3n) is 2.85. The van der Waals surface area contributed by atoms with Crippen molar-refractivity contribution in [1.82, 2.24) is 0 Å². The Labute approximate surface area is 124 Å². The van der Waals surface area contributed by atoms with Crippen LogP contribution < -0.4 is 10.1 Å². The Kier molecular flexibility index (Phi) is 4.39. The van der Waals surface area contributed by atoms with E-state index < -0.39 is 5.82 Å². The highest BCUT2D eigenvalue weighted by atomic mass is 79.9. The molecule has 2 aromatic carbocycles. The zero-order valence-corrected chi connectivity index (χ0v) is 12.6.